The Morgan fingerprint density at radius 1 is 0.962 bits per heavy atom. The van der Waals surface area contributed by atoms with Crippen molar-refractivity contribution in [3.63, 3.8) is 0 Å². The number of hydrogen-bond acceptors (Lipinski definition) is 6. The summed E-state index contributed by atoms with van der Waals surface area (Å²) in [6.45, 7) is 1.82. The third kappa shape index (κ3) is 4.92. The van der Waals surface area contributed by atoms with Crippen LogP contribution in [-0.4, -0.2) is 38.5 Å². The minimum absolute atomic E-state index is 0.143. The second kappa shape index (κ2) is 9.15. The summed E-state index contributed by atoms with van der Waals surface area (Å²) in [6.07, 6.45) is 0. The number of thioether (sulfide) groups is 1. The Bertz CT molecular complexity index is 776. The molecule has 2 aromatic carbocycles. The van der Waals surface area contributed by atoms with Gasteiger partial charge in [-0.25, -0.2) is 4.79 Å². The van der Waals surface area contributed by atoms with Gasteiger partial charge in [-0.1, -0.05) is 0 Å². The lowest BCUT2D eigenvalue weighted by molar-refractivity contribution is -0.115. The van der Waals surface area contributed by atoms with E-state index in [-0.39, 0.29) is 11.2 Å². The standard InChI is InChI=1S/C19H21NO5S/c1-12(26-15-9-10-16(23-2)17(11-15)24-3)18(21)20-14-7-5-13(6-8-14)19(22)25-4/h5-12H,1-4H3,(H,20,21). The Labute approximate surface area is 156 Å². The van der Waals surface area contributed by atoms with Crippen molar-refractivity contribution in [2.24, 2.45) is 0 Å². The second-order valence-corrected chi connectivity index (χ2v) is 6.75. The van der Waals surface area contributed by atoms with E-state index in [1.165, 1.54) is 18.9 Å². The third-order valence-corrected chi connectivity index (χ3v) is 4.70. The van der Waals surface area contributed by atoms with Gasteiger partial charge in [0.1, 0.15) is 0 Å². The largest absolute Gasteiger partial charge is 0.493 e. The van der Waals surface area contributed by atoms with Gasteiger partial charge in [0, 0.05) is 10.6 Å². The minimum atomic E-state index is -0.416. The van der Waals surface area contributed by atoms with E-state index in [9.17, 15) is 9.59 Å². The van der Waals surface area contributed by atoms with Crippen LogP contribution in [0, 0.1) is 0 Å². The monoisotopic (exact) mass is 375 g/mol. The van der Waals surface area contributed by atoms with Gasteiger partial charge >= 0.3 is 5.97 Å². The summed E-state index contributed by atoms with van der Waals surface area (Å²) in [4.78, 5) is 24.7. The maximum absolute atomic E-state index is 12.4. The van der Waals surface area contributed by atoms with E-state index in [2.05, 4.69) is 10.1 Å². The van der Waals surface area contributed by atoms with Crippen molar-refractivity contribution in [2.45, 2.75) is 17.1 Å². The Morgan fingerprint density at radius 2 is 1.62 bits per heavy atom. The molecule has 0 saturated heterocycles. The van der Waals surface area contributed by atoms with Gasteiger partial charge in [0.2, 0.25) is 5.91 Å². The summed E-state index contributed by atoms with van der Waals surface area (Å²) < 4.78 is 15.1. The normalized spacial score (nSPS) is 11.4. The van der Waals surface area contributed by atoms with E-state index in [1.54, 1.807) is 44.6 Å². The highest BCUT2D eigenvalue weighted by Gasteiger charge is 2.16. The highest BCUT2D eigenvalue weighted by molar-refractivity contribution is 8.00. The van der Waals surface area contributed by atoms with E-state index in [0.29, 0.717) is 22.7 Å². The average Bonchev–Trinajstić information content (AvgIpc) is 2.67. The van der Waals surface area contributed by atoms with Gasteiger partial charge in [-0.2, -0.15) is 0 Å². The molecule has 0 heterocycles. The number of amides is 1. The van der Waals surface area contributed by atoms with Crippen LogP contribution >= 0.6 is 11.8 Å². The van der Waals surface area contributed by atoms with E-state index in [0.717, 1.165) is 4.90 Å². The summed E-state index contributed by atoms with van der Waals surface area (Å²) >= 11 is 1.41. The van der Waals surface area contributed by atoms with Gasteiger partial charge in [0.15, 0.2) is 11.5 Å². The molecule has 1 amide bonds. The van der Waals surface area contributed by atoms with Crippen LogP contribution in [0.1, 0.15) is 17.3 Å². The number of benzene rings is 2. The molecule has 6 nitrogen and oxygen atoms in total. The third-order valence-electron chi connectivity index (χ3n) is 3.61. The van der Waals surface area contributed by atoms with Gasteiger partial charge in [-0.3, -0.25) is 4.79 Å². The molecule has 1 unspecified atom stereocenters. The van der Waals surface area contributed by atoms with Crippen molar-refractivity contribution < 1.29 is 23.8 Å². The second-order valence-electron chi connectivity index (χ2n) is 5.34. The fourth-order valence-corrected chi connectivity index (χ4v) is 3.09. The van der Waals surface area contributed by atoms with Gasteiger partial charge in [0.25, 0.3) is 0 Å². The molecule has 0 aromatic heterocycles. The Morgan fingerprint density at radius 3 is 2.19 bits per heavy atom. The molecular weight excluding hydrogens is 354 g/mol. The molecule has 0 fully saturated rings. The summed E-state index contributed by atoms with van der Waals surface area (Å²) in [5.74, 6) is 0.694. The molecule has 0 radical (unpaired) electrons. The van der Waals surface area contributed by atoms with Crippen molar-refractivity contribution in [1.29, 1.82) is 0 Å². The van der Waals surface area contributed by atoms with Crippen LogP contribution in [0.2, 0.25) is 0 Å². The number of ether oxygens (including phenoxy) is 3. The smallest absolute Gasteiger partial charge is 0.337 e. The number of carbonyl (C=O) groups excluding carboxylic acids is 2. The van der Waals surface area contributed by atoms with Gasteiger partial charge in [0.05, 0.1) is 32.1 Å². The van der Waals surface area contributed by atoms with Gasteiger partial charge in [-0.15, -0.1) is 11.8 Å². The average molecular weight is 375 g/mol. The van der Waals surface area contributed by atoms with Crippen molar-refractivity contribution >= 4 is 29.3 Å². The Hall–Kier alpha value is -2.67. The van der Waals surface area contributed by atoms with Crippen molar-refractivity contribution in [2.75, 3.05) is 26.6 Å². The molecule has 26 heavy (non-hydrogen) atoms. The van der Waals surface area contributed by atoms with E-state index in [4.69, 9.17) is 9.47 Å². The minimum Gasteiger partial charge on any atom is -0.493 e. The summed E-state index contributed by atoms with van der Waals surface area (Å²) in [7, 11) is 4.47. The Kier molecular flexibility index (Phi) is 6.91. The zero-order chi connectivity index (χ0) is 19.1. The number of methoxy groups -OCH3 is 3. The molecule has 0 spiro atoms. The maximum Gasteiger partial charge on any atom is 0.337 e. The SMILES string of the molecule is COC(=O)c1ccc(NC(=O)C(C)Sc2ccc(OC)c(OC)c2)cc1. The van der Waals surface area contributed by atoms with Crippen LogP contribution in [-0.2, 0) is 9.53 Å². The predicted octanol–water partition coefficient (Wildman–Crippen LogP) is 3.61. The van der Waals surface area contributed by atoms with Crippen LogP contribution < -0.4 is 14.8 Å². The molecule has 0 aliphatic rings. The summed E-state index contributed by atoms with van der Waals surface area (Å²) in [5, 5.41) is 2.50. The van der Waals surface area contributed by atoms with Crippen molar-refractivity contribution in [3.8, 4) is 11.5 Å². The lowest BCUT2D eigenvalue weighted by Crippen LogP contribution is -2.22. The van der Waals surface area contributed by atoms with Gasteiger partial charge < -0.3 is 19.5 Å². The maximum atomic E-state index is 12.4. The molecule has 0 saturated carbocycles. The summed E-state index contributed by atoms with van der Waals surface area (Å²) in [6, 6.07) is 12.0. The zero-order valence-electron chi connectivity index (χ0n) is 15.1. The molecular formula is C19H21NO5S. The predicted molar refractivity (Wildman–Crippen MR) is 101 cm³/mol. The molecule has 0 aliphatic carbocycles. The summed E-state index contributed by atoms with van der Waals surface area (Å²) in [5.41, 5.74) is 1.04. The van der Waals surface area contributed by atoms with Crippen LogP contribution in [0.3, 0.4) is 0 Å². The van der Waals surface area contributed by atoms with E-state index < -0.39 is 5.97 Å². The lowest BCUT2D eigenvalue weighted by Gasteiger charge is -2.14. The zero-order valence-corrected chi connectivity index (χ0v) is 15.9. The molecule has 0 bridgehead atoms. The van der Waals surface area contributed by atoms with Crippen LogP contribution in [0.25, 0.3) is 0 Å². The van der Waals surface area contributed by atoms with Crippen LogP contribution in [0.15, 0.2) is 47.4 Å². The van der Waals surface area contributed by atoms with Gasteiger partial charge in [-0.05, 0) is 49.4 Å². The molecule has 7 heteroatoms. The Balaban J connectivity index is 2.00. The topological polar surface area (TPSA) is 73.9 Å². The van der Waals surface area contributed by atoms with Crippen LogP contribution in [0.4, 0.5) is 5.69 Å². The lowest BCUT2D eigenvalue weighted by atomic mass is 10.2. The molecule has 2 aromatic rings. The number of nitrogens with one attached hydrogen (secondary N) is 1. The molecule has 1 N–H and O–H groups in total. The first-order valence-electron chi connectivity index (χ1n) is 7.86. The van der Waals surface area contributed by atoms with E-state index >= 15 is 0 Å². The fourth-order valence-electron chi connectivity index (χ4n) is 2.20. The molecule has 0 aliphatic heterocycles. The first kappa shape index (κ1) is 19.7. The first-order valence-corrected chi connectivity index (χ1v) is 8.74. The molecule has 2 rings (SSSR count). The first-order chi connectivity index (χ1) is 12.5. The number of esters is 1. The number of hydrogen-bond donors (Lipinski definition) is 1. The van der Waals surface area contributed by atoms with Crippen molar-refractivity contribution in [1.82, 2.24) is 0 Å². The highest BCUT2D eigenvalue weighted by Crippen LogP contribution is 2.33. The van der Waals surface area contributed by atoms with Crippen LogP contribution in [0.5, 0.6) is 11.5 Å². The van der Waals surface area contributed by atoms with Crippen molar-refractivity contribution in [3.05, 3.63) is 48.0 Å². The quantitative estimate of drug-likeness (QED) is 0.589. The van der Waals surface area contributed by atoms with E-state index in [1.807, 2.05) is 19.1 Å². The number of rotatable bonds is 7. The highest BCUT2D eigenvalue weighted by atomic mass is 32.2. The fraction of sp³-hybridized carbons (Fsp3) is 0.263. The molecule has 138 valence electrons. The number of anilines is 1. The molecule has 1 atom stereocenters. The number of carbonyl (C=O) groups is 2.